The smallest absolute Gasteiger partial charge is 0.151 e. The number of aryl methyl sites for hydroxylation is 1. The van der Waals surface area contributed by atoms with Gasteiger partial charge in [-0.05, 0) is 12.1 Å². The highest BCUT2D eigenvalue weighted by Gasteiger charge is 2.09. The van der Waals surface area contributed by atoms with Gasteiger partial charge in [-0.2, -0.15) is 0 Å². The average molecular weight is 199 g/mol. The maximum absolute atomic E-state index is 13.2. The number of hydrogen-bond donors (Lipinski definition) is 0. The summed E-state index contributed by atoms with van der Waals surface area (Å²) in [5.74, 6) is 0.677. The van der Waals surface area contributed by atoms with Crippen LogP contribution in [0.4, 0.5) is 4.39 Å². The predicted molar refractivity (Wildman–Crippen MR) is 50.2 cm³/mol. The monoisotopic (exact) mass is 198 g/mol. The van der Waals surface area contributed by atoms with Crippen LogP contribution in [0, 0.1) is 5.82 Å². The van der Waals surface area contributed by atoms with Crippen LogP contribution in [0.2, 0.25) is 0 Å². The molecule has 0 aliphatic carbocycles. The van der Waals surface area contributed by atoms with Crippen molar-refractivity contribution in [3.8, 4) is 0 Å². The van der Waals surface area contributed by atoms with Gasteiger partial charge >= 0.3 is 0 Å². The van der Waals surface area contributed by atoms with Gasteiger partial charge < -0.3 is 4.57 Å². The van der Waals surface area contributed by atoms with Crippen molar-refractivity contribution >= 4 is 22.6 Å². The van der Waals surface area contributed by atoms with Crippen LogP contribution in [0.3, 0.4) is 0 Å². The molecule has 2 nitrogen and oxygen atoms in total. The van der Waals surface area contributed by atoms with Gasteiger partial charge in [0.1, 0.15) is 11.3 Å². The highest BCUT2D eigenvalue weighted by molar-refractivity contribution is 6.16. The van der Waals surface area contributed by atoms with Crippen molar-refractivity contribution in [1.82, 2.24) is 9.55 Å². The number of alkyl halides is 1. The minimum absolute atomic E-state index is 0.296. The fourth-order valence-corrected chi connectivity index (χ4v) is 1.59. The van der Waals surface area contributed by atoms with E-state index in [1.165, 1.54) is 6.07 Å². The molecule has 0 amide bonds. The summed E-state index contributed by atoms with van der Waals surface area (Å²) in [5.41, 5.74) is 1.16. The maximum atomic E-state index is 13.2. The quantitative estimate of drug-likeness (QED) is 0.644. The number of imidazole rings is 1. The van der Waals surface area contributed by atoms with E-state index in [0.29, 0.717) is 17.2 Å². The van der Waals surface area contributed by atoms with E-state index in [2.05, 4.69) is 4.98 Å². The molecule has 0 saturated carbocycles. The van der Waals surface area contributed by atoms with E-state index in [4.69, 9.17) is 11.6 Å². The Kier molecular flexibility index (Phi) is 1.96. The lowest BCUT2D eigenvalue weighted by atomic mass is 10.3. The summed E-state index contributed by atoms with van der Waals surface area (Å²) < 4.78 is 15.0. The fourth-order valence-electron chi connectivity index (χ4n) is 1.35. The van der Waals surface area contributed by atoms with Crippen molar-refractivity contribution < 1.29 is 4.39 Å². The lowest BCUT2D eigenvalue weighted by Gasteiger charge is -1.96. The molecule has 0 saturated heterocycles. The van der Waals surface area contributed by atoms with Gasteiger partial charge in [0.2, 0.25) is 0 Å². The molecule has 0 spiro atoms. The van der Waals surface area contributed by atoms with Crippen LogP contribution in [-0.4, -0.2) is 9.55 Å². The van der Waals surface area contributed by atoms with Crippen LogP contribution in [0.1, 0.15) is 5.82 Å². The first-order valence-electron chi connectivity index (χ1n) is 3.90. The summed E-state index contributed by atoms with van der Waals surface area (Å²) in [6, 6.07) is 4.88. The summed E-state index contributed by atoms with van der Waals surface area (Å²) >= 11 is 5.65. The van der Waals surface area contributed by atoms with E-state index in [0.717, 1.165) is 5.52 Å². The number of hydrogen-bond acceptors (Lipinski definition) is 1. The van der Waals surface area contributed by atoms with E-state index in [-0.39, 0.29) is 5.82 Å². The van der Waals surface area contributed by atoms with E-state index >= 15 is 0 Å². The summed E-state index contributed by atoms with van der Waals surface area (Å²) in [6.45, 7) is 0. The number of rotatable bonds is 1. The lowest BCUT2D eigenvalue weighted by Crippen LogP contribution is -1.93. The predicted octanol–water partition coefficient (Wildman–Crippen LogP) is 2.45. The molecular weight excluding hydrogens is 191 g/mol. The van der Waals surface area contributed by atoms with E-state index in [1.807, 2.05) is 13.1 Å². The van der Waals surface area contributed by atoms with Gasteiger partial charge in [0.25, 0.3) is 0 Å². The third kappa shape index (κ3) is 1.20. The Labute approximate surface area is 80.0 Å². The van der Waals surface area contributed by atoms with Crippen molar-refractivity contribution in [2.75, 3.05) is 0 Å². The van der Waals surface area contributed by atoms with E-state index in [1.54, 1.807) is 10.6 Å². The standard InChI is InChI=1S/C9H8ClFN2/c1-13-7-4-2-3-6(11)9(7)12-8(13)5-10/h2-4H,5H2,1H3. The van der Waals surface area contributed by atoms with Gasteiger partial charge in [-0.1, -0.05) is 6.07 Å². The number of aromatic nitrogens is 2. The van der Waals surface area contributed by atoms with Gasteiger partial charge in [-0.25, -0.2) is 9.37 Å². The molecule has 0 bridgehead atoms. The normalized spacial score (nSPS) is 11.0. The SMILES string of the molecule is Cn1c(CCl)nc2c(F)cccc21. The number of halogens is 2. The molecule has 1 aromatic heterocycles. The summed E-state index contributed by atoms with van der Waals surface area (Å²) in [6.07, 6.45) is 0. The first-order chi connectivity index (χ1) is 6.24. The molecule has 4 heteroatoms. The maximum Gasteiger partial charge on any atom is 0.151 e. The minimum Gasteiger partial charge on any atom is -0.330 e. The third-order valence-electron chi connectivity index (χ3n) is 2.07. The first kappa shape index (κ1) is 8.51. The van der Waals surface area contributed by atoms with Crippen LogP contribution in [-0.2, 0) is 12.9 Å². The average Bonchev–Trinajstić information content (AvgIpc) is 2.45. The molecule has 1 aromatic carbocycles. The van der Waals surface area contributed by atoms with Crippen LogP contribution < -0.4 is 0 Å². The topological polar surface area (TPSA) is 17.8 Å². The zero-order valence-electron chi connectivity index (χ0n) is 7.09. The highest BCUT2D eigenvalue weighted by atomic mass is 35.5. The molecule has 0 atom stereocenters. The molecule has 0 radical (unpaired) electrons. The molecule has 0 aliphatic heterocycles. The highest BCUT2D eigenvalue weighted by Crippen LogP contribution is 2.18. The third-order valence-corrected chi connectivity index (χ3v) is 2.31. The Balaban J connectivity index is 2.83. The molecule has 0 aliphatic rings. The first-order valence-corrected chi connectivity index (χ1v) is 4.43. The molecule has 0 fully saturated rings. The lowest BCUT2D eigenvalue weighted by molar-refractivity contribution is 0.637. The molecule has 2 aromatic rings. The van der Waals surface area contributed by atoms with E-state index < -0.39 is 0 Å². The van der Waals surface area contributed by atoms with Gasteiger partial charge in [0, 0.05) is 7.05 Å². The summed E-state index contributed by atoms with van der Waals surface area (Å²) in [4.78, 5) is 4.09. The number of para-hydroxylation sites is 1. The Bertz CT molecular complexity index is 450. The summed E-state index contributed by atoms with van der Waals surface area (Å²) in [5, 5.41) is 0. The van der Waals surface area contributed by atoms with Crippen molar-refractivity contribution in [3.05, 3.63) is 29.8 Å². The van der Waals surface area contributed by atoms with Crippen LogP contribution in [0.15, 0.2) is 18.2 Å². The van der Waals surface area contributed by atoms with Gasteiger partial charge in [-0.15, -0.1) is 11.6 Å². The zero-order valence-corrected chi connectivity index (χ0v) is 7.85. The van der Waals surface area contributed by atoms with Crippen LogP contribution in [0.5, 0.6) is 0 Å². The second-order valence-electron chi connectivity index (χ2n) is 2.83. The summed E-state index contributed by atoms with van der Waals surface area (Å²) in [7, 11) is 1.83. The Morgan fingerprint density at radius 1 is 1.54 bits per heavy atom. The van der Waals surface area contributed by atoms with Crippen molar-refractivity contribution in [2.24, 2.45) is 7.05 Å². The zero-order chi connectivity index (χ0) is 9.42. The largest absolute Gasteiger partial charge is 0.330 e. The van der Waals surface area contributed by atoms with Crippen molar-refractivity contribution in [1.29, 1.82) is 0 Å². The molecule has 13 heavy (non-hydrogen) atoms. The van der Waals surface area contributed by atoms with Crippen molar-refractivity contribution in [2.45, 2.75) is 5.88 Å². The number of fused-ring (bicyclic) bond motifs is 1. The van der Waals surface area contributed by atoms with Crippen LogP contribution >= 0.6 is 11.6 Å². The van der Waals surface area contributed by atoms with Gasteiger partial charge in [0.05, 0.1) is 11.4 Å². The molecule has 1 heterocycles. The molecule has 2 rings (SSSR count). The van der Waals surface area contributed by atoms with Crippen molar-refractivity contribution in [3.63, 3.8) is 0 Å². The Hall–Kier alpha value is -1.09. The molecule has 68 valence electrons. The molecule has 0 N–H and O–H groups in total. The Morgan fingerprint density at radius 2 is 2.31 bits per heavy atom. The fraction of sp³-hybridized carbons (Fsp3) is 0.222. The van der Waals surface area contributed by atoms with Gasteiger partial charge in [0.15, 0.2) is 5.82 Å². The number of nitrogens with zero attached hydrogens (tertiary/aromatic N) is 2. The van der Waals surface area contributed by atoms with Gasteiger partial charge in [-0.3, -0.25) is 0 Å². The van der Waals surface area contributed by atoms with E-state index in [9.17, 15) is 4.39 Å². The second-order valence-corrected chi connectivity index (χ2v) is 3.10. The second kappa shape index (κ2) is 3.00. The minimum atomic E-state index is -0.301. The molecular formula is C9H8ClFN2. The molecule has 0 unspecified atom stereocenters. The van der Waals surface area contributed by atoms with Crippen LogP contribution in [0.25, 0.3) is 11.0 Å². The Morgan fingerprint density at radius 3 is 2.92 bits per heavy atom. The number of benzene rings is 1.